The van der Waals surface area contributed by atoms with Crippen molar-refractivity contribution in [1.29, 1.82) is 0 Å². The molecule has 0 saturated heterocycles. The minimum absolute atomic E-state index is 0.0116. The van der Waals surface area contributed by atoms with E-state index in [1.807, 2.05) is 0 Å². The maximum atomic E-state index is 13.7. The van der Waals surface area contributed by atoms with Gasteiger partial charge in [0.1, 0.15) is 11.6 Å². The lowest BCUT2D eigenvalue weighted by Gasteiger charge is -2.15. The first-order chi connectivity index (χ1) is 9.97. The van der Waals surface area contributed by atoms with Crippen LogP contribution in [0, 0.1) is 5.82 Å². The SMILES string of the molecule is NC(Cc1c(F)cccc1Cl)c1cccc(OC(F)F)c1. The number of hydrogen-bond acceptors (Lipinski definition) is 2. The van der Waals surface area contributed by atoms with E-state index in [1.54, 1.807) is 18.2 Å². The number of nitrogens with two attached hydrogens (primary N) is 1. The average molecular weight is 316 g/mol. The van der Waals surface area contributed by atoms with Crippen LogP contribution in [0.15, 0.2) is 42.5 Å². The monoisotopic (exact) mass is 315 g/mol. The molecule has 112 valence electrons. The first-order valence-electron chi connectivity index (χ1n) is 6.20. The molecule has 0 saturated carbocycles. The topological polar surface area (TPSA) is 35.2 Å². The van der Waals surface area contributed by atoms with Crippen LogP contribution in [0.4, 0.5) is 13.2 Å². The van der Waals surface area contributed by atoms with Gasteiger partial charge in [-0.05, 0) is 36.2 Å². The molecule has 2 aromatic rings. The number of rotatable bonds is 5. The fourth-order valence-electron chi connectivity index (χ4n) is 1.99. The lowest BCUT2D eigenvalue weighted by atomic mass is 9.99. The molecule has 0 aliphatic heterocycles. The van der Waals surface area contributed by atoms with Crippen LogP contribution in [0.1, 0.15) is 17.2 Å². The third-order valence-corrected chi connectivity index (χ3v) is 3.35. The minimum atomic E-state index is -2.91. The molecule has 0 bridgehead atoms. The van der Waals surface area contributed by atoms with Gasteiger partial charge in [-0.3, -0.25) is 0 Å². The van der Waals surface area contributed by atoms with E-state index in [0.717, 1.165) is 0 Å². The molecule has 0 heterocycles. The Kier molecular flexibility index (Phi) is 5.09. The Morgan fingerprint density at radius 1 is 1.14 bits per heavy atom. The predicted octanol–water partition coefficient (Wildman–Crippen LogP) is 4.32. The van der Waals surface area contributed by atoms with Gasteiger partial charge < -0.3 is 10.5 Å². The lowest BCUT2D eigenvalue weighted by Crippen LogP contribution is -2.15. The van der Waals surface area contributed by atoms with Crippen LogP contribution < -0.4 is 10.5 Å². The Balaban J connectivity index is 2.18. The van der Waals surface area contributed by atoms with E-state index in [2.05, 4.69) is 4.74 Å². The van der Waals surface area contributed by atoms with Gasteiger partial charge in [-0.1, -0.05) is 29.8 Å². The van der Waals surface area contributed by atoms with Crippen LogP contribution in [-0.2, 0) is 6.42 Å². The van der Waals surface area contributed by atoms with E-state index in [-0.39, 0.29) is 17.2 Å². The number of ether oxygens (including phenoxy) is 1. The summed E-state index contributed by atoms with van der Waals surface area (Å²) < 4.78 is 42.4. The molecule has 2 N–H and O–H groups in total. The summed E-state index contributed by atoms with van der Waals surface area (Å²) in [6.45, 7) is -2.91. The largest absolute Gasteiger partial charge is 0.435 e. The highest BCUT2D eigenvalue weighted by Crippen LogP contribution is 2.26. The molecular weight excluding hydrogens is 303 g/mol. The molecule has 2 rings (SSSR count). The molecule has 1 atom stereocenters. The minimum Gasteiger partial charge on any atom is -0.435 e. The number of alkyl halides is 2. The van der Waals surface area contributed by atoms with Crippen LogP contribution in [0.25, 0.3) is 0 Å². The zero-order valence-electron chi connectivity index (χ0n) is 10.9. The lowest BCUT2D eigenvalue weighted by molar-refractivity contribution is -0.0498. The van der Waals surface area contributed by atoms with Crippen molar-refractivity contribution >= 4 is 11.6 Å². The van der Waals surface area contributed by atoms with Crippen LogP contribution in [0.2, 0.25) is 5.02 Å². The van der Waals surface area contributed by atoms with Crippen molar-refractivity contribution in [2.24, 2.45) is 5.73 Å². The van der Waals surface area contributed by atoms with Crippen LogP contribution >= 0.6 is 11.6 Å². The summed E-state index contributed by atoms with van der Waals surface area (Å²) in [5.74, 6) is -0.435. The van der Waals surface area contributed by atoms with Gasteiger partial charge in [0.2, 0.25) is 0 Å². The molecule has 0 spiro atoms. The van der Waals surface area contributed by atoms with Crippen molar-refractivity contribution in [2.45, 2.75) is 19.1 Å². The smallest absolute Gasteiger partial charge is 0.387 e. The van der Waals surface area contributed by atoms with Crippen molar-refractivity contribution in [3.05, 3.63) is 64.4 Å². The highest BCUT2D eigenvalue weighted by molar-refractivity contribution is 6.31. The summed E-state index contributed by atoms with van der Waals surface area (Å²) in [6, 6.07) is 9.81. The van der Waals surface area contributed by atoms with E-state index >= 15 is 0 Å². The average Bonchev–Trinajstić information content (AvgIpc) is 2.42. The van der Waals surface area contributed by atoms with E-state index < -0.39 is 18.5 Å². The molecule has 2 nitrogen and oxygen atoms in total. The quantitative estimate of drug-likeness (QED) is 0.891. The summed E-state index contributed by atoms with van der Waals surface area (Å²) >= 11 is 5.94. The van der Waals surface area contributed by atoms with Gasteiger partial charge >= 0.3 is 6.61 Å². The second-order valence-electron chi connectivity index (χ2n) is 4.46. The summed E-state index contributed by atoms with van der Waals surface area (Å²) in [6.07, 6.45) is 0.156. The molecule has 0 radical (unpaired) electrons. The number of halogens is 4. The molecular formula is C15H13ClF3NO. The standard InChI is InChI=1S/C15H13ClF3NO/c16-12-5-2-6-13(17)11(12)8-14(20)9-3-1-4-10(7-9)21-15(18)19/h1-7,14-15H,8,20H2. The van der Waals surface area contributed by atoms with Crippen molar-refractivity contribution in [3.63, 3.8) is 0 Å². The third kappa shape index (κ3) is 4.12. The number of hydrogen-bond donors (Lipinski definition) is 1. The van der Waals surface area contributed by atoms with Crippen molar-refractivity contribution in [1.82, 2.24) is 0 Å². The Bertz CT molecular complexity index is 601. The van der Waals surface area contributed by atoms with Crippen molar-refractivity contribution < 1.29 is 17.9 Å². The molecule has 0 aliphatic rings. The van der Waals surface area contributed by atoms with Crippen LogP contribution in [-0.4, -0.2) is 6.61 Å². The van der Waals surface area contributed by atoms with Crippen LogP contribution in [0.5, 0.6) is 5.75 Å². The Hall–Kier alpha value is -1.72. The molecule has 1 unspecified atom stereocenters. The summed E-state index contributed by atoms with van der Waals surface area (Å²) in [4.78, 5) is 0. The van der Waals surface area contributed by atoms with Gasteiger partial charge in [0, 0.05) is 16.6 Å². The predicted molar refractivity (Wildman–Crippen MR) is 75.1 cm³/mol. The fraction of sp³-hybridized carbons (Fsp3) is 0.200. The first-order valence-corrected chi connectivity index (χ1v) is 6.58. The third-order valence-electron chi connectivity index (χ3n) is 3.00. The summed E-state index contributed by atoms with van der Waals surface area (Å²) in [7, 11) is 0. The second kappa shape index (κ2) is 6.83. The van der Waals surface area contributed by atoms with Crippen molar-refractivity contribution in [2.75, 3.05) is 0 Å². The Morgan fingerprint density at radius 2 is 1.86 bits per heavy atom. The number of benzene rings is 2. The molecule has 21 heavy (non-hydrogen) atoms. The Labute approximate surface area is 125 Å². The van der Waals surface area contributed by atoms with Gasteiger partial charge in [0.15, 0.2) is 0 Å². The van der Waals surface area contributed by atoms with Gasteiger partial charge in [-0.2, -0.15) is 8.78 Å². The van der Waals surface area contributed by atoms with Gasteiger partial charge in [-0.15, -0.1) is 0 Å². The molecule has 0 amide bonds. The molecule has 0 aliphatic carbocycles. The summed E-state index contributed by atoms with van der Waals surface area (Å²) in [5.41, 5.74) is 6.86. The van der Waals surface area contributed by atoms with E-state index in [1.165, 1.54) is 24.3 Å². The zero-order valence-corrected chi connectivity index (χ0v) is 11.7. The fourth-order valence-corrected chi connectivity index (χ4v) is 2.23. The van der Waals surface area contributed by atoms with Gasteiger partial charge in [-0.25, -0.2) is 4.39 Å². The van der Waals surface area contributed by atoms with Crippen LogP contribution in [0.3, 0.4) is 0 Å². The zero-order chi connectivity index (χ0) is 15.4. The van der Waals surface area contributed by atoms with E-state index in [4.69, 9.17) is 17.3 Å². The molecule has 2 aromatic carbocycles. The van der Waals surface area contributed by atoms with Gasteiger partial charge in [0.05, 0.1) is 0 Å². The maximum Gasteiger partial charge on any atom is 0.387 e. The molecule has 6 heteroatoms. The van der Waals surface area contributed by atoms with Gasteiger partial charge in [0.25, 0.3) is 0 Å². The molecule has 0 fully saturated rings. The highest BCUT2D eigenvalue weighted by Gasteiger charge is 2.14. The normalized spacial score (nSPS) is 12.5. The summed E-state index contributed by atoms with van der Waals surface area (Å²) in [5, 5.41) is 0.283. The van der Waals surface area contributed by atoms with E-state index in [0.29, 0.717) is 11.1 Å². The molecule has 0 aromatic heterocycles. The maximum absolute atomic E-state index is 13.7. The second-order valence-corrected chi connectivity index (χ2v) is 4.87. The Morgan fingerprint density at radius 3 is 2.52 bits per heavy atom. The van der Waals surface area contributed by atoms with E-state index in [9.17, 15) is 13.2 Å². The van der Waals surface area contributed by atoms with Crippen molar-refractivity contribution in [3.8, 4) is 5.75 Å². The highest BCUT2D eigenvalue weighted by atomic mass is 35.5. The first kappa shape index (κ1) is 15.7.